The minimum atomic E-state index is -0.118. The summed E-state index contributed by atoms with van der Waals surface area (Å²) < 4.78 is 0. The van der Waals surface area contributed by atoms with Crippen LogP contribution in [0.5, 0.6) is 0 Å². The van der Waals surface area contributed by atoms with Crippen LogP contribution in [0.2, 0.25) is 0 Å². The Hall–Kier alpha value is -2.71. The van der Waals surface area contributed by atoms with Crippen molar-refractivity contribution in [2.45, 2.75) is 31.1 Å². The summed E-state index contributed by atoms with van der Waals surface area (Å²) in [6.45, 7) is 4.63. The predicted molar refractivity (Wildman–Crippen MR) is 121 cm³/mol. The van der Waals surface area contributed by atoms with Gasteiger partial charge in [0.15, 0.2) is 0 Å². The Labute approximate surface area is 183 Å². The lowest BCUT2D eigenvalue weighted by Crippen LogP contribution is -2.24. The molecule has 1 atom stereocenters. The summed E-state index contributed by atoms with van der Waals surface area (Å²) in [6, 6.07) is 16.0. The number of anilines is 2. The molecule has 0 bridgehead atoms. The molecule has 8 heteroatoms. The molecule has 30 heavy (non-hydrogen) atoms. The van der Waals surface area contributed by atoms with Gasteiger partial charge in [0.05, 0.1) is 5.75 Å². The van der Waals surface area contributed by atoms with Gasteiger partial charge in [-0.2, -0.15) is 0 Å². The SMILES string of the molecule is Cc1ccc(SCC(=O)Nc2nnc([C@H]3CC(=O)N(c4ccc(C)cc4)C3)s2)cc1. The van der Waals surface area contributed by atoms with Crippen LogP contribution < -0.4 is 10.2 Å². The number of aromatic nitrogens is 2. The quantitative estimate of drug-likeness (QED) is 0.577. The molecule has 1 aliphatic rings. The lowest BCUT2D eigenvalue weighted by molar-refractivity contribution is -0.117. The van der Waals surface area contributed by atoms with Crippen molar-refractivity contribution < 1.29 is 9.59 Å². The Bertz CT molecular complexity index is 1050. The number of amides is 2. The summed E-state index contributed by atoms with van der Waals surface area (Å²) >= 11 is 2.82. The van der Waals surface area contributed by atoms with Crippen LogP contribution >= 0.6 is 23.1 Å². The molecule has 2 heterocycles. The number of carbonyl (C=O) groups is 2. The first-order valence-corrected chi connectivity index (χ1v) is 11.5. The molecule has 0 radical (unpaired) electrons. The van der Waals surface area contributed by atoms with E-state index in [-0.39, 0.29) is 17.7 Å². The van der Waals surface area contributed by atoms with Crippen molar-refractivity contribution in [1.29, 1.82) is 0 Å². The molecule has 1 fully saturated rings. The van der Waals surface area contributed by atoms with E-state index in [4.69, 9.17) is 0 Å². The highest BCUT2D eigenvalue weighted by atomic mass is 32.2. The molecular weight excluding hydrogens is 416 g/mol. The minimum absolute atomic E-state index is 0.0103. The standard InChI is InChI=1S/C22H22N4O2S2/c1-14-3-7-17(8-4-14)26-12-16(11-20(26)28)21-24-25-22(30-21)23-19(27)13-29-18-9-5-15(2)6-10-18/h3-10,16H,11-13H2,1-2H3,(H,23,25,27)/t16-/m0/s1. The van der Waals surface area contributed by atoms with Crippen molar-refractivity contribution in [3.05, 3.63) is 64.7 Å². The molecule has 2 amide bonds. The molecule has 0 unspecified atom stereocenters. The Morgan fingerprint density at radius 3 is 2.47 bits per heavy atom. The maximum Gasteiger partial charge on any atom is 0.236 e. The van der Waals surface area contributed by atoms with E-state index in [0.29, 0.717) is 23.8 Å². The van der Waals surface area contributed by atoms with Gasteiger partial charge in [-0.1, -0.05) is 46.7 Å². The summed E-state index contributed by atoms with van der Waals surface area (Å²) in [5.41, 5.74) is 3.25. The van der Waals surface area contributed by atoms with Crippen molar-refractivity contribution in [2.75, 3.05) is 22.5 Å². The third-order valence-corrected chi connectivity index (χ3v) is 6.91. The molecule has 0 aliphatic carbocycles. The van der Waals surface area contributed by atoms with E-state index in [2.05, 4.69) is 15.5 Å². The number of thioether (sulfide) groups is 1. The van der Waals surface area contributed by atoms with Crippen molar-refractivity contribution in [2.24, 2.45) is 0 Å². The number of nitrogens with one attached hydrogen (secondary N) is 1. The van der Waals surface area contributed by atoms with Crippen LogP contribution in [0, 0.1) is 13.8 Å². The van der Waals surface area contributed by atoms with Gasteiger partial charge in [0, 0.05) is 29.5 Å². The second-order valence-electron chi connectivity index (χ2n) is 7.34. The first-order valence-electron chi connectivity index (χ1n) is 9.67. The Kier molecular flexibility index (Phi) is 6.15. The zero-order chi connectivity index (χ0) is 21.1. The van der Waals surface area contributed by atoms with Crippen LogP contribution in [-0.2, 0) is 9.59 Å². The van der Waals surface area contributed by atoms with Gasteiger partial charge >= 0.3 is 0 Å². The number of benzene rings is 2. The Morgan fingerprint density at radius 1 is 1.10 bits per heavy atom. The summed E-state index contributed by atoms with van der Waals surface area (Å²) in [5, 5.41) is 12.4. The van der Waals surface area contributed by atoms with E-state index < -0.39 is 0 Å². The van der Waals surface area contributed by atoms with Crippen LogP contribution in [0.15, 0.2) is 53.4 Å². The van der Waals surface area contributed by atoms with E-state index in [9.17, 15) is 9.59 Å². The number of nitrogens with zero attached hydrogens (tertiary/aromatic N) is 3. The molecule has 0 spiro atoms. The van der Waals surface area contributed by atoms with Crippen LogP contribution in [0.4, 0.5) is 10.8 Å². The Morgan fingerprint density at radius 2 is 1.77 bits per heavy atom. The smallest absolute Gasteiger partial charge is 0.236 e. The molecule has 1 N–H and O–H groups in total. The zero-order valence-corrected chi connectivity index (χ0v) is 18.4. The van der Waals surface area contributed by atoms with E-state index in [1.807, 2.05) is 62.4 Å². The average Bonchev–Trinajstić information content (AvgIpc) is 3.35. The van der Waals surface area contributed by atoms with Gasteiger partial charge in [0.25, 0.3) is 0 Å². The number of hydrogen-bond acceptors (Lipinski definition) is 6. The van der Waals surface area contributed by atoms with E-state index in [1.54, 1.807) is 4.90 Å². The maximum absolute atomic E-state index is 12.5. The fourth-order valence-corrected chi connectivity index (χ4v) is 4.79. The molecular formula is C22H22N4O2S2. The predicted octanol–water partition coefficient (Wildman–Crippen LogP) is 4.41. The third-order valence-electron chi connectivity index (χ3n) is 4.90. The lowest BCUT2D eigenvalue weighted by atomic mass is 10.1. The van der Waals surface area contributed by atoms with Crippen LogP contribution in [-0.4, -0.2) is 34.3 Å². The number of aryl methyl sites for hydroxylation is 2. The summed E-state index contributed by atoms with van der Waals surface area (Å²) in [6.07, 6.45) is 0.403. The topological polar surface area (TPSA) is 75.2 Å². The highest BCUT2D eigenvalue weighted by molar-refractivity contribution is 8.00. The van der Waals surface area contributed by atoms with E-state index in [0.717, 1.165) is 21.2 Å². The largest absolute Gasteiger partial charge is 0.312 e. The van der Waals surface area contributed by atoms with Gasteiger partial charge in [-0.15, -0.1) is 22.0 Å². The van der Waals surface area contributed by atoms with Gasteiger partial charge in [0.2, 0.25) is 16.9 Å². The van der Waals surface area contributed by atoms with Gasteiger partial charge in [-0.3, -0.25) is 14.9 Å². The second-order valence-corrected chi connectivity index (χ2v) is 9.39. The summed E-state index contributed by atoms with van der Waals surface area (Å²) in [7, 11) is 0. The highest BCUT2D eigenvalue weighted by Gasteiger charge is 2.33. The molecule has 0 saturated carbocycles. The average molecular weight is 439 g/mol. The first kappa shape index (κ1) is 20.6. The molecule has 3 aromatic rings. The van der Waals surface area contributed by atoms with Gasteiger partial charge in [-0.25, -0.2) is 0 Å². The van der Waals surface area contributed by atoms with Crippen LogP contribution in [0.25, 0.3) is 0 Å². The van der Waals surface area contributed by atoms with Gasteiger partial charge in [0.1, 0.15) is 5.01 Å². The van der Waals surface area contributed by atoms with E-state index >= 15 is 0 Å². The molecule has 1 aliphatic heterocycles. The number of rotatable bonds is 6. The highest BCUT2D eigenvalue weighted by Crippen LogP contribution is 2.34. The molecule has 2 aromatic carbocycles. The molecule has 154 valence electrons. The van der Waals surface area contributed by atoms with Crippen molar-refractivity contribution in [1.82, 2.24) is 10.2 Å². The molecule has 4 rings (SSSR count). The molecule has 6 nitrogen and oxygen atoms in total. The van der Waals surface area contributed by atoms with E-state index in [1.165, 1.54) is 28.7 Å². The Balaban J connectivity index is 1.33. The monoisotopic (exact) mass is 438 g/mol. The number of hydrogen-bond donors (Lipinski definition) is 1. The minimum Gasteiger partial charge on any atom is -0.312 e. The zero-order valence-electron chi connectivity index (χ0n) is 16.8. The maximum atomic E-state index is 12.5. The van der Waals surface area contributed by atoms with Gasteiger partial charge < -0.3 is 4.90 Å². The summed E-state index contributed by atoms with van der Waals surface area (Å²) in [5.74, 6) is 0.260. The van der Waals surface area contributed by atoms with Crippen LogP contribution in [0.1, 0.15) is 28.5 Å². The third kappa shape index (κ3) is 4.88. The lowest BCUT2D eigenvalue weighted by Gasteiger charge is -2.16. The van der Waals surface area contributed by atoms with Crippen molar-refractivity contribution in [3.63, 3.8) is 0 Å². The fourth-order valence-electron chi connectivity index (χ4n) is 3.24. The number of carbonyl (C=O) groups excluding carboxylic acids is 2. The molecule has 1 aromatic heterocycles. The molecule has 1 saturated heterocycles. The second kappa shape index (κ2) is 8.97. The van der Waals surface area contributed by atoms with Crippen molar-refractivity contribution in [3.8, 4) is 0 Å². The summed E-state index contributed by atoms with van der Waals surface area (Å²) in [4.78, 5) is 27.6. The van der Waals surface area contributed by atoms with Crippen molar-refractivity contribution >= 4 is 45.7 Å². The van der Waals surface area contributed by atoms with Gasteiger partial charge in [-0.05, 0) is 38.1 Å². The normalized spacial score (nSPS) is 16.1. The van der Waals surface area contributed by atoms with Crippen LogP contribution in [0.3, 0.4) is 0 Å². The fraction of sp³-hybridized carbons (Fsp3) is 0.273. The first-order chi connectivity index (χ1) is 14.5.